The molecule has 1 aliphatic rings. The normalized spacial score (nSPS) is 13.9. The van der Waals surface area contributed by atoms with Gasteiger partial charge in [0, 0.05) is 31.5 Å². The molecule has 0 spiro atoms. The Bertz CT molecular complexity index is 814. The molecule has 126 valence electrons. The van der Waals surface area contributed by atoms with E-state index in [4.69, 9.17) is 0 Å². The van der Waals surface area contributed by atoms with Crippen LogP contribution in [0.4, 0.5) is 8.78 Å². The molecule has 1 aliphatic heterocycles. The average Bonchev–Trinajstić information content (AvgIpc) is 3.08. The first kappa shape index (κ1) is 16.6. The van der Waals surface area contributed by atoms with Crippen molar-refractivity contribution in [3.63, 3.8) is 0 Å². The second-order valence-corrected chi connectivity index (χ2v) is 5.52. The minimum Gasteiger partial charge on any atom is -0.311 e. The van der Waals surface area contributed by atoms with Gasteiger partial charge in [-0.2, -0.15) is 5.10 Å². The number of aromatic nitrogens is 4. The first-order chi connectivity index (χ1) is 11.2. The van der Waals surface area contributed by atoms with Crippen molar-refractivity contribution in [2.75, 3.05) is 6.54 Å². The highest BCUT2D eigenvalue weighted by atomic mass is 35.5. The lowest BCUT2D eigenvalue weighted by molar-refractivity contribution is 0.581. The van der Waals surface area contributed by atoms with Crippen molar-refractivity contribution in [1.29, 1.82) is 0 Å². The molecule has 0 unspecified atom stereocenters. The molecule has 0 saturated carbocycles. The van der Waals surface area contributed by atoms with Crippen LogP contribution in [0.3, 0.4) is 0 Å². The number of nitrogens with one attached hydrogen (secondary N) is 1. The Morgan fingerprint density at radius 2 is 1.88 bits per heavy atom. The predicted molar refractivity (Wildman–Crippen MR) is 88.3 cm³/mol. The van der Waals surface area contributed by atoms with Crippen molar-refractivity contribution in [2.45, 2.75) is 19.5 Å². The van der Waals surface area contributed by atoms with Crippen LogP contribution in [0.15, 0.2) is 36.7 Å². The zero-order chi connectivity index (χ0) is 15.8. The van der Waals surface area contributed by atoms with Crippen molar-refractivity contribution in [1.82, 2.24) is 24.6 Å². The maximum absolute atomic E-state index is 13.5. The lowest BCUT2D eigenvalue weighted by atomic mass is 10.2. The van der Waals surface area contributed by atoms with Gasteiger partial charge in [0.05, 0.1) is 11.4 Å². The third kappa shape index (κ3) is 3.05. The Morgan fingerprint density at radius 1 is 1.08 bits per heavy atom. The Labute approximate surface area is 143 Å². The molecule has 0 fully saturated rings. The molecule has 8 heteroatoms. The van der Waals surface area contributed by atoms with Gasteiger partial charge in [0.15, 0.2) is 5.82 Å². The summed E-state index contributed by atoms with van der Waals surface area (Å²) in [5.74, 6) is -0.676. The van der Waals surface area contributed by atoms with Crippen molar-refractivity contribution in [3.8, 4) is 17.2 Å². The first-order valence-corrected chi connectivity index (χ1v) is 7.48. The third-order valence-electron chi connectivity index (χ3n) is 3.89. The van der Waals surface area contributed by atoms with Gasteiger partial charge < -0.3 is 5.32 Å². The standard InChI is InChI=1S/C16H15F2N5.ClH/c17-11-6-12(18)8-13(7-11)22-5-3-20-16(22)15-9-14-10-19-2-1-4-23(14)21-15;/h3,5-9,19H,1-2,4,10H2;1H. The summed E-state index contributed by atoms with van der Waals surface area (Å²) in [5, 5.41) is 7.93. The number of fused-ring (bicyclic) bond motifs is 1. The van der Waals surface area contributed by atoms with E-state index < -0.39 is 11.6 Å². The molecular weight excluding hydrogens is 336 g/mol. The molecule has 0 bridgehead atoms. The minimum absolute atomic E-state index is 0. The smallest absolute Gasteiger partial charge is 0.165 e. The molecule has 0 aliphatic carbocycles. The molecule has 1 aromatic carbocycles. The number of hydrogen-bond acceptors (Lipinski definition) is 3. The quantitative estimate of drug-likeness (QED) is 0.772. The fraction of sp³-hybridized carbons (Fsp3) is 0.250. The van der Waals surface area contributed by atoms with Gasteiger partial charge in [-0.1, -0.05) is 0 Å². The molecule has 3 heterocycles. The summed E-state index contributed by atoms with van der Waals surface area (Å²) in [6.07, 6.45) is 4.28. The molecular formula is C16H16ClF2N5. The largest absolute Gasteiger partial charge is 0.311 e. The van der Waals surface area contributed by atoms with Crippen LogP contribution >= 0.6 is 12.4 Å². The van der Waals surface area contributed by atoms with Gasteiger partial charge in [-0.15, -0.1) is 12.4 Å². The number of nitrogens with zero attached hydrogens (tertiary/aromatic N) is 4. The van der Waals surface area contributed by atoms with E-state index in [1.54, 1.807) is 17.0 Å². The molecule has 0 radical (unpaired) electrons. The predicted octanol–water partition coefficient (Wildman–Crippen LogP) is 2.93. The summed E-state index contributed by atoms with van der Waals surface area (Å²) in [6, 6.07) is 5.37. The maximum atomic E-state index is 13.5. The van der Waals surface area contributed by atoms with Gasteiger partial charge in [-0.05, 0) is 31.2 Å². The Kier molecular flexibility index (Phi) is 4.64. The van der Waals surface area contributed by atoms with Crippen LogP contribution in [0, 0.1) is 11.6 Å². The van der Waals surface area contributed by atoms with Crippen molar-refractivity contribution < 1.29 is 8.78 Å². The van der Waals surface area contributed by atoms with E-state index in [1.165, 1.54) is 12.1 Å². The molecule has 2 aromatic heterocycles. The molecule has 1 N–H and O–H groups in total. The van der Waals surface area contributed by atoms with Gasteiger partial charge in [-0.3, -0.25) is 9.25 Å². The number of aryl methyl sites for hydroxylation is 1. The molecule has 5 nitrogen and oxygen atoms in total. The zero-order valence-corrected chi connectivity index (χ0v) is 13.6. The van der Waals surface area contributed by atoms with Crippen molar-refractivity contribution >= 4 is 12.4 Å². The first-order valence-electron chi connectivity index (χ1n) is 7.48. The summed E-state index contributed by atoms with van der Waals surface area (Å²) >= 11 is 0. The lowest BCUT2D eigenvalue weighted by Crippen LogP contribution is -2.11. The van der Waals surface area contributed by atoms with E-state index in [9.17, 15) is 8.78 Å². The summed E-state index contributed by atoms with van der Waals surface area (Å²) < 4.78 is 30.6. The van der Waals surface area contributed by atoms with Gasteiger partial charge in [0.2, 0.25) is 0 Å². The lowest BCUT2D eigenvalue weighted by Gasteiger charge is -2.07. The van der Waals surface area contributed by atoms with Crippen LogP contribution in [0.1, 0.15) is 12.1 Å². The highest BCUT2D eigenvalue weighted by molar-refractivity contribution is 5.85. The minimum atomic E-state index is -0.621. The molecule has 0 saturated heterocycles. The van der Waals surface area contributed by atoms with Gasteiger partial charge in [0.1, 0.15) is 17.3 Å². The van der Waals surface area contributed by atoms with Crippen LogP contribution in [-0.2, 0) is 13.1 Å². The van der Waals surface area contributed by atoms with Gasteiger partial charge in [0.25, 0.3) is 0 Å². The summed E-state index contributed by atoms with van der Waals surface area (Å²) in [6.45, 7) is 2.57. The number of benzene rings is 1. The Hall–Kier alpha value is -2.25. The van der Waals surface area contributed by atoms with E-state index in [2.05, 4.69) is 15.4 Å². The highest BCUT2D eigenvalue weighted by Gasteiger charge is 2.16. The summed E-state index contributed by atoms with van der Waals surface area (Å²) in [7, 11) is 0. The Balaban J connectivity index is 0.00000169. The molecule has 0 amide bonds. The maximum Gasteiger partial charge on any atom is 0.165 e. The number of rotatable bonds is 2. The molecule has 24 heavy (non-hydrogen) atoms. The van der Waals surface area contributed by atoms with E-state index in [0.29, 0.717) is 17.2 Å². The van der Waals surface area contributed by atoms with E-state index >= 15 is 0 Å². The fourth-order valence-corrected chi connectivity index (χ4v) is 2.85. The van der Waals surface area contributed by atoms with Crippen molar-refractivity contribution in [3.05, 3.63) is 54.0 Å². The molecule has 3 aromatic rings. The monoisotopic (exact) mass is 351 g/mol. The fourth-order valence-electron chi connectivity index (χ4n) is 2.85. The van der Waals surface area contributed by atoms with Crippen LogP contribution in [0.2, 0.25) is 0 Å². The van der Waals surface area contributed by atoms with E-state index in [0.717, 1.165) is 37.8 Å². The number of imidazole rings is 1. The van der Waals surface area contributed by atoms with Crippen LogP contribution in [-0.4, -0.2) is 25.9 Å². The Morgan fingerprint density at radius 3 is 2.67 bits per heavy atom. The summed E-state index contributed by atoms with van der Waals surface area (Å²) in [4.78, 5) is 4.31. The number of halogens is 3. The zero-order valence-electron chi connectivity index (χ0n) is 12.7. The van der Waals surface area contributed by atoms with Crippen LogP contribution in [0.5, 0.6) is 0 Å². The van der Waals surface area contributed by atoms with Gasteiger partial charge >= 0.3 is 0 Å². The second kappa shape index (κ2) is 6.70. The van der Waals surface area contributed by atoms with Crippen molar-refractivity contribution in [2.24, 2.45) is 0 Å². The van der Waals surface area contributed by atoms with E-state index in [-0.39, 0.29) is 12.4 Å². The number of hydrogen-bond donors (Lipinski definition) is 1. The SMILES string of the molecule is Cl.Fc1cc(F)cc(-n2ccnc2-c2cc3n(n2)CCCNC3)c1. The van der Waals surface area contributed by atoms with Gasteiger partial charge in [-0.25, -0.2) is 13.8 Å². The average molecular weight is 352 g/mol. The van der Waals surface area contributed by atoms with Crippen LogP contribution in [0.25, 0.3) is 17.2 Å². The topological polar surface area (TPSA) is 47.7 Å². The highest BCUT2D eigenvalue weighted by Crippen LogP contribution is 2.23. The third-order valence-corrected chi connectivity index (χ3v) is 3.89. The molecule has 4 rings (SSSR count). The van der Waals surface area contributed by atoms with Crippen LogP contribution < -0.4 is 5.32 Å². The second-order valence-electron chi connectivity index (χ2n) is 5.52. The molecule has 0 atom stereocenters. The summed E-state index contributed by atoms with van der Waals surface area (Å²) in [5.41, 5.74) is 2.16. The van der Waals surface area contributed by atoms with E-state index in [1.807, 2.05) is 10.7 Å².